The molecule has 3 amide bonds. The second-order valence-corrected chi connectivity index (χ2v) is 11.4. The zero-order valence-corrected chi connectivity index (χ0v) is 24.8. The van der Waals surface area contributed by atoms with Gasteiger partial charge in [-0.15, -0.1) is 11.8 Å². The highest BCUT2D eigenvalue weighted by Gasteiger charge is 2.18. The Morgan fingerprint density at radius 2 is 1.50 bits per heavy atom. The maximum atomic E-state index is 14.5. The highest BCUT2D eigenvalue weighted by Crippen LogP contribution is 2.27. The van der Waals surface area contributed by atoms with Crippen LogP contribution in [0.5, 0.6) is 0 Å². The summed E-state index contributed by atoms with van der Waals surface area (Å²) in [6, 6.07) is 25.3. The smallest absolute Gasteiger partial charge is 0.272 e. The van der Waals surface area contributed by atoms with Gasteiger partial charge in [-0.25, -0.2) is 4.39 Å². The first-order valence-electron chi connectivity index (χ1n) is 13.1. The lowest BCUT2D eigenvalue weighted by molar-refractivity contribution is -0.115. The number of nitrogens with one attached hydrogen (secondary N) is 3. The van der Waals surface area contributed by atoms with Gasteiger partial charge in [0.15, 0.2) is 0 Å². The van der Waals surface area contributed by atoms with Crippen LogP contribution in [0.4, 0.5) is 15.8 Å². The van der Waals surface area contributed by atoms with Crippen LogP contribution in [0.25, 0.3) is 6.08 Å². The number of benzene rings is 4. The molecule has 0 saturated carbocycles. The van der Waals surface area contributed by atoms with E-state index in [1.165, 1.54) is 36.0 Å². The first-order chi connectivity index (χ1) is 20.1. The summed E-state index contributed by atoms with van der Waals surface area (Å²) >= 11 is 7.55. The highest BCUT2D eigenvalue weighted by molar-refractivity contribution is 8.00. The number of carbonyl (C=O) groups is 3. The standard InChI is InChI=1S/C33H29ClFN3O3S/c1-20-16-21(2)18-25(17-20)37-31(39)22(3)42-26-14-12-24(13-15-26)36-33(41)30(19-27-28(34)10-7-11-29(27)35)38-32(40)23-8-5-4-6-9-23/h4-19,22H,1-3H3,(H,36,41)(H,37,39)(H,38,40)/b30-19-. The van der Waals surface area contributed by atoms with Gasteiger partial charge in [-0.1, -0.05) is 41.9 Å². The number of aryl methyl sites for hydroxylation is 2. The summed E-state index contributed by atoms with van der Waals surface area (Å²) in [5.41, 5.74) is 3.44. The van der Waals surface area contributed by atoms with Crippen LogP contribution in [0.2, 0.25) is 5.02 Å². The molecule has 1 unspecified atom stereocenters. The largest absolute Gasteiger partial charge is 0.325 e. The molecule has 0 spiro atoms. The molecule has 0 bridgehead atoms. The molecule has 0 radical (unpaired) electrons. The molecule has 0 saturated heterocycles. The van der Waals surface area contributed by atoms with Gasteiger partial charge in [-0.2, -0.15) is 0 Å². The van der Waals surface area contributed by atoms with E-state index in [1.54, 1.807) is 54.6 Å². The molecule has 0 aromatic heterocycles. The van der Waals surface area contributed by atoms with Gasteiger partial charge in [-0.3, -0.25) is 14.4 Å². The molecule has 0 aliphatic rings. The van der Waals surface area contributed by atoms with Gasteiger partial charge in [0.05, 0.1) is 10.3 Å². The van der Waals surface area contributed by atoms with Crippen LogP contribution in [0.3, 0.4) is 0 Å². The van der Waals surface area contributed by atoms with Gasteiger partial charge < -0.3 is 16.0 Å². The summed E-state index contributed by atoms with van der Waals surface area (Å²) < 4.78 is 14.5. The van der Waals surface area contributed by atoms with Crippen molar-refractivity contribution in [3.05, 3.63) is 130 Å². The van der Waals surface area contributed by atoms with E-state index >= 15 is 0 Å². The van der Waals surface area contributed by atoms with E-state index in [4.69, 9.17) is 11.6 Å². The zero-order valence-electron chi connectivity index (χ0n) is 23.2. The summed E-state index contributed by atoms with van der Waals surface area (Å²) in [6.45, 7) is 5.77. The number of hydrogen-bond acceptors (Lipinski definition) is 4. The maximum Gasteiger partial charge on any atom is 0.272 e. The van der Waals surface area contributed by atoms with Crippen LogP contribution >= 0.6 is 23.4 Å². The lowest BCUT2D eigenvalue weighted by Gasteiger charge is -2.14. The van der Waals surface area contributed by atoms with Crippen molar-refractivity contribution < 1.29 is 18.8 Å². The van der Waals surface area contributed by atoms with Crippen molar-refractivity contribution >= 4 is 58.5 Å². The summed E-state index contributed by atoms with van der Waals surface area (Å²) in [6.07, 6.45) is 1.20. The van der Waals surface area contributed by atoms with Gasteiger partial charge >= 0.3 is 0 Å². The SMILES string of the molecule is Cc1cc(C)cc(NC(=O)C(C)Sc2ccc(NC(=O)/C(=C/c3c(F)cccc3Cl)NC(=O)c3ccccc3)cc2)c1. The molecule has 1 atom stereocenters. The van der Waals surface area contributed by atoms with Crippen molar-refractivity contribution in [3.63, 3.8) is 0 Å². The normalized spacial score (nSPS) is 11.9. The van der Waals surface area contributed by atoms with Crippen molar-refractivity contribution in [2.75, 3.05) is 10.6 Å². The monoisotopic (exact) mass is 601 g/mol. The second-order valence-electron chi connectivity index (χ2n) is 9.62. The van der Waals surface area contributed by atoms with Gasteiger partial charge in [0.25, 0.3) is 11.8 Å². The summed E-state index contributed by atoms with van der Waals surface area (Å²) in [5.74, 6) is -1.97. The fourth-order valence-corrected chi connectivity index (χ4v) is 5.18. The van der Waals surface area contributed by atoms with Crippen molar-refractivity contribution in [2.24, 2.45) is 0 Å². The molecule has 0 aliphatic heterocycles. The van der Waals surface area contributed by atoms with Crippen molar-refractivity contribution in [3.8, 4) is 0 Å². The Balaban J connectivity index is 1.46. The molecular formula is C33H29ClFN3O3S. The Kier molecular flexibility index (Phi) is 10.2. The molecule has 0 aliphatic carbocycles. The van der Waals surface area contributed by atoms with E-state index in [0.29, 0.717) is 11.3 Å². The van der Waals surface area contributed by atoms with Crippen LogP contribution in [0.1, 0.15) is 34.0 Å². The number of rotatable bonds is 9. The molecule has 6 nitrogen and oxygen atoms in total. The topological polar surface area (TPSA) is 87.3 Å². The first-order valence-corrected chi connectivity index (χ1v) is 14.3. The molecule has 0 fully saturated rings. The van der Waals surface area contributed by atoms with Crippen LogP contribution in [0.15, 0.2) is 102 Å². The average Bonchev–Trinajstić information content (AvgIpc) is 2.95. The highest BCUT2D eigenvalue weighted by atomic mass is 35.5. The van der Waals surface area contributed by atoms with E-state index < -0.39 is 17.6 Å². The van der Waals surface area contributed by atoms with Crippen LogP contribution in [-0.2, 0) is 9.59 Å². The molecule has 3 N–H and O–H groups in total. The van der Waals surface area contributed by atoms with Gasteiger partial charge in [0.1, 0.15) is 11.5 Å². The predicted octanol–water partition coefficient (Wildman–Crippen LogP) is 7.62. The fourth-order valence-electron chi connectivity index (χ4n) is 4.10. The van der Waals surface area contributed by atoms with Crippen LogP contribution < -0.4 is 16.0 Å². The molecule has 4 aromatic carbocycles. The summed E-state index contributed by atoms with van der Waals surface area (Å²) in [7, 11) is 0. The lowest BCUT2D eigenvalue weighted by atomic mass is 10.1. The van der Waals surface area contributed by atoms with Crippen molar-refractivity contribution in [1.29, 1.82) is 0 Å². The van der Waals surface area contributed by atoms with E-state index in [-0.39, 0.29) is 27.4 Å². The number of amides is 3. The second kappa shape index (κ2) is 14.0. The van der Waals surface area contributed by atoms with E-state index in [2.05, 4.69) is 16.0 Å². The molecule has 42 heavy (non-hydrogen) atoms. The summed E-state index contributed by atoms with van der Waals surface area (Å²) in [5, 5.41) is 7.97. The molecule has 4 aromatic rings. The minimum atomic E-state index is -0.666. The minimum absolute atomic E-state index is 0.0301. The number of hydrogen-bond donors (Lipinski definition) is 3. The minimum Gasteiger partial charge on any atom is -0.325 e. The Morgan fingerprint density at radius 1 is 0.833 bits per heavy atom. The number of anilines is 2. The summed E-state index contributed by atoms with van der Waals surface area (Å²) in [4.78, 5) is 39.7. The average molecular weight is 602 g/mol. The Hall–Kier alpha value is -4.40. The number of carbonyl (C=O) groups excluding carboxylic acids is 3. The van der Waals surface area contributed by atoms with Crippen molar-refractivity contribution in [1.82, 2.24) is 5.32 Å². The quantitative estimate of drug-likeness (QED) is 0.136. The number of halogens is 2. The van der Waals surface area contributed by atoms with Crippen molar-refractivity contribution in [2.45, 2.75) is 30.9 Å². The van der Waals surface area contributed by atoms with Crippen LogP contribution in [-0.4, -0.2) is 23.0 Å². The molecule has 9 heteroatoms. The third-order valence-electron chi connectivity index (χ3n) is 6.10. The first kappa shape index (κ1) is 30.6. The van der Waals surface area contributed by atoms with E-state index in [1.807, 2.05) is 39.0 Å². The van der Waals surface area contributed by atoms with E-state index in [9.17, 15) is 18.8 Å². The zero-order chi connectivity index (χ0) is 30.2. The predicted molar refractivity (Wildman–Crippen MR) is 168 cm³/mol. The van der Waals surface area contributed by atoms with Gasteiger partial charge in [0.2, 0.25) is 5.91 Å². The lowest BCUT2D eigenvalue weighted by Crippen LogP contribution is -2.30. The van der Waals surface area contributed by atoms with Gasteiger partial charge in [0, 0.05) is 27.4 Å². The third-order valence-corrected chi connectivity index (χ3v) is 7.54. The number of thioether (sulfide) groups is 1. The third kappa shape index (κ3) is 8.31. The fraction of sp³-hybridized carbons (Fsp3) is 0.121. The molecular weight excluding hydrogens is 573 g/mol. The Bertz CT molecular complexity index is 1600. The van der Waals surface area contributed by atoms with Gasteiger partial charge in [-0.05, 0) is 98.6 Å². The Morgan fingerprint density at radius 3 is 2.14 bits per heavy atom. The molecule has 0 heterocycles. The van der Waals surface area contributed by atoms with Crippen LogP contribution in [0, 0.1) is 19.7 Å². The Labute approximate surface area is 253 Å². The maximum absolute atomic E-state index is 14.5. The van der Waals surface area contributed by atoms with E-state index in [0.717, 1.165) is 21.7 Å². The molecule has 214 valence electrons. The molecule has 4 rings (SSSR count).